The van der Waals surface area contributed by atoms with Crippen LogP contribution in [-0.2, 0) is 0 Å². The first-order valence-electron chi connectivity index (χ1n) is 6.19. The first kappa shape index (κ1) is 13.1. The van der Waals surface area contributed by atoms with Gasteiger partial charge in [0.2, 0.25) is 0 Å². The summed E-state index contributed by atoms with van der Waals surface area (Å²) in [5.41, 5.74) is 1.49. The number of pyridine rings is 1. The normalized spacial score (nSPS) is 15.2. The molecule has 2 heterocycles. The number of halogens is 1. The molecule has 0 radical (unpaired) electrons. The molecule has 0 aromatic carbocycles. The number of carbonyl (C=O) groups excluding carboxylic acids is 1. The van der Waals surface area contributed by atoms with Crippen LogP contribution in [0.15, 0.2) is 24.3 Å². The average Bonchev–Trinajstić information content (AvgIpc) is 2.38. The Balaban J connectivity index is 2.26. The monoisotopic (exact) mass is 264 g/mol. The SMILES string of the molecule is CC(C)c1cc(C(=O)N2CC=CCC2)cc(Cl)n1. The first-order valence-corrected chi connectivity index (χ1v) is 6.57. The largest absolute Gasteiger partial charge is 0.335 e. The van der Waals surface area contributed by atoms with Crippen LogP contribution in [0.25, 0.3) is 0 Å². The number of aromatic nitrogens is 1. The number of carbonyl (C=O) groups is 1. The summed E-state index contributed by atoms with van der Waals surface area (Å²) in [6.07, 6.45) is 5.04. The van der Waals surface area contributed by atoms with Gasteiger partial charge in [0.15, 0.2) is 0 Å². The van der Waals surface area contributed by atoms with Gasteiger partial charge in [-0.1, -0.05) is 37.6 Å². The van der Waals surface area contributed by atoms with Gasteiger partial charge in [-0.15, -0.1) is 0 Å². The first-order chi connectivity index (χ1) is 8.58. The van der Waals surface area contributed by atoms with Crippen molar-refractivity contribution in [3.8, 4) is 0 Å². The minimum absolute atomic E-state index is 0.0329. The molecule has 0 fully saturated rings. The number of hydrogen-bond donors (Lipinski definition) is 0. The Bertz CT molecular complexity index is 483. The van der Waals surface area contributed by atoms with E-state index in [1.165, 1.54) is 0 Å². The average molecular weight is 265 g/mol. The minimum atomic E-state index is 0.0329. The summed E-state index contributed by atoms with van der Waals surface area (Å²) in [6, 6.07) is 3.49. The van der Waals surface area contributed by atoms with Gasteiger partial charge in [0.05, 0.1) is 0 Å². The third-order valence-electron chi connectivity index (χ3n) is 3.00. The molecule has 4 heteroatoms. The lowest BCUT2D eigenvalue weighted by Crippen LogP contribution is -2.33. The van der Waals surface area contributed by atoms with Crippen LogP contribution >= 0.6 is 11.6 Å². The van der Waals surface area contributed by atoms with Gasteiger partial charge >= 0.3 is 0 Å². The summed E-state index contributed by atoms with van der Waals surface area (Å²) in [5, 5.41) is 0.386. The van der Waals surface area contributed by atoms with Gasteiger partial charge in [-0.25, -0.2) is 4.98 Å². The van der Waals surface area contributed by atoms with Gasteiger partial charge in [0, 0.05) is 24.3 Å². The Morgan fingerprint density at radius 3 is 2.78 bits per heavy atom. The predicted octanol–water partition coefficient (Wildman–Crippen LogP) is 3.26. The molecule has 2 rings (SSSR count). The van der Waals surface area contributed by atoms with E-state index < -0.39 is 0 Å². The zero-order valence-corrected chi connectivity index (χ0v) is 11.4. The van der Waals surface area contributed by atoms with Gasteiger partial charge in [-0.3, -0.25) is 4.79 Å². The summed E-state index contributed by atoms with van der Waals surface area (Å²) in [7, 11) is 0. The molecule has 0 unspecified atom stereocenters. The third-order valence-corrected chi connectivity index (χ3v) is 3.19. The highest BCUT2D eigenvalue weighted by Gasteiger charge is 2.18. The van der Waals surface area contributed by atoms with Crippen LogP contribution in [-0.4, -0.2) is 28.9 Å². The van der Waals surface area contributed by atoms with Crippen LogP contribution in [0.1, 0.15) is 42.2 Å². The molecule has 1 amide bonds. The van der Waals surface area contributed by atoms with Crippen molar-refractivity contribution in [3.05, 3.63) is 40.7 Å². The maximum absolute atomic E-state index is 12.3. The highest BCUT2D eigenvalue weighted by molar-refractivity contribution is 6.29. The Labute approximate surface area is 112 Å². The van der Waals surface area contributed by atoms with E-state index in [1.807, 2.05) is 30.9 Å². The van der Waals surface area contributed by atoms with Crippen LogP contribution in [0.3, 0.4) is 0 Å². The second-order valence-corrected chi connectivity index (χ2v) is 5.16. The van der Waals surface area contributed by atoms with Crippen LogP contribution in [0.4, 0.5) is 0 Å². The zero-order valence-electron chi connectivity index (χ0n) is 10.7. The highest BCUT2D eigenvalue weighted by Crippen LogP contribution is 2.19. The molecule has 0 spiro atoms. The summed E-state index contributed by atoms with van der Waals surface area (Å²) >= 11 is 5.98. The molecule has 1 aromatic rings. The molecule has 1 aromatic heterocycles. The summed E-state index contributed by atoms with van der Waals surface area (Å²) in [4.78, 5) is 18.4. The number of nitrogens with zero attached hydrogens (tertiary/aromatic N) is 2. The van der Waals surface area contributed by atoms with E-state index in [0.717, 1.165) is 18.7 Å². The molecule has 0 saturated carbocycles. The van der Waals surface area contributed by atoms with Crippen molar-refractivity contribution in [1.29, 1.82) is 0 Å². The van der Waals surface area contributed by atoms with Crippen molar-refractivity contribution in [1.82, 2.24) is 9.88 Å². The van der Waals surface area contributed by atoms with E-state index >= 15 is 0 Å². The van der Waals surface area contributed by atoms with Crippen LogP contribution in [0.5, 0.6) is 0 Å². The van der Waals surface area contributed by atoms with E-state index in [9.17, 15) is 4.79 Å². The van der Waals surface area contributed by atoms with Crippen molar-refractivity contribution >= 4 is 17.5 Å². The van der Waals surface area contributed by atoms with Gasteiger partial charge in [-0.05, 0) is 24.5 Å². The van der Waals surface area contributed by atoms with E-state index in [2.05, 4.69) is 11.1 Å². The molecule has 18 heavy (non-hydrogen) atoms. The molecule has 0 N–H and O–H groups in total. The van der Waals surface area contributed by atoms with Crippen LogP contribution in [0, 0.1) is 0 Å². The Morgan fingerprint density at radius 2 is 2.17 bits per heavy atom. The summed E-state index contributed by atoms with van der Waals surface area (Å²) in [5.74, 6) is 0.294. The van der Waals surface area contributed by atoms with E-state index in [0.29, 0.717) is 17.3 Å². The maximum Gasteiger partial charge on any atom is 0.254 e. The molecule has 1 aliphatic heterocycles. The Hall–Kier alpha value is -1.35. The van der Waals surface area contributed by atoms with E-state index in [4.69, 9.17) is 11.6 Å². The van der Waals surface area contributed by atoms with E-state index in [1.54, 1.807) is 6.07 Å². The van der Waals surface area contributed by atoms with E-state index in [-0.39, 0.29) is 11.8 Å². The van der Waals surface area contributed by atoms with Crippen LogP contribution in [0.2, 0.25) is 5.15 Å². The fourth-order valence-electron chi connectivity index (χ4n) is 1.94. The minimum Gasteiger partial charge on any atom is -0.335 e. The van der Waals surface area contributed by atoms with Crippen LogP contribution < -0.4 is 0 Å². The standard InChI is InChI=1S/C14H17ClN2O/c1-10(2)12-8-11(9-13(15)16-12)14(18)17-6-4-3-5-7-17/h3-4,8-10H,5-7H2,1-2H3. The Kier molecular flexibility index (Phi) is 4.02. The van der Waals surface area contributed by atoms with Crippen molar-refractivity contribution in [2.75, 3.05) is 13.1 Å². The lowest BCUT2D eigenvalue weighted by atomic mass is 10.1. The molecular formula is C14H17ClN2O. The summed E-state index contributed by atoms with van der Waals surface area (Å²) in [6.45, 7) is 5.52. The van der Waals surface area contributed by atoms with Gasteiger partial charge in [-0.2, -0.15) is 0 Å². The molecule has 0 aliphatic carbocycles. The van der Waals surface area contributed by atoms with Crippen molar-refractivity contribution < 1.29 is 4.79 Å². The smallest absolute Gasteiger partial charge is 0.254 e. The number of hydrogen-bond acceptors (Lipinski definition) is 2. The molecule has 0 atom stereocenters. The lowest BCUT2D eigenvalue weighted by molar-refractivity contribution is 0.0771. The summed E-state index contributed by atoms with van der Waals surface area (Å²) < 4.78 is 0. The molecule has 0 bridgehead atoms. The molecule has 1 aliphatic rings. The molecule has 96 valence electrons. The fraction of sp³-hybridized carbons (Fsp3) is 0.429. The quantitative estimate of drug-likeness (QED) is 0.607. The Morgan fingerprint density at radius 1 is 1.39 bits per heavy atom. The number of rotatable bonds is 2. The van der Waals surface area contributed by atoms with Gasteiger partial charge < -0.3 is 4.90 Å². The highest BCUT2D eigenvalue weighted by atomic mass is 35.5. The second-order valence-electron chi connectivity index (χ2n) is 4.77. The molecular weight excluding hydrogens is 248 g/mol. The topological polar surface area (TPSA) is 33.2 Å². The van der Waals surface area contributed by atoms with Crippen molar-refractivity contribution in [2.45, 2.75) is 26.2 Å². The maximum atomic E-state index is 12.3. The zero-order chi connectivity index (χ0) is 13.1. The van der Waals surface area contributed by atoms with Gasteiger partial charge in [0.1, 0.15) is 5.15 Å². The lowest BCUT2D eigenvalue weighted by Gasteiger charge is -2.23. The van der Waals surface area contributed by atoms with Gasteiger partial charge in [0.25, 0.3) is 5.91 Å². The predicted molar refractivity (Wildman–Crippen MR) is 73.0 cm³/mol. The fourth-order valence-corrected chi connectivity index (χ4v) is 2.16. The third kappa shape index (κ3) is 2.91. The number of amides is 1. The molecule has 3 nitrogen and oxygen atoms in total. The van der Waals surface area contributed by atoms with Crippen molar-refractivity contribution in [3.63, 3.8) is 0 Å². The molecule has 0 saturated heterocycles. The van der Waals surface area contributed by atoms with Crippen molar-refractivity contribution in [2.24, 2.45) is 0 Å². The second kappa shape index (κ2) is 5.53.